The van der Waals surface area contributed by atoms with Crippen LogP contribution in [0.3, 0.4) is 0 Å². The van der Waals surface area contributed by atoms with Crippen molar-refractivity contribution in [1.29, 1.82) is 0 Å². The van der Waals surface area contributed by atoms with Crippen molar-refractivity contribution in [3.05, 3.63) is 71.0 Å². The lowest BCUT2D eigenvalue weighted by atomic mass is 9.99. The number of carbonyl (C=O) groups excluding carboxylic acids is 1. The van der Waals surface area contributed by atoms with Gasteiger partial charge in [0.15, 0.2) is 0 Å². The number of likely N-dealkylation sites (tertiary alicyclic amines) is 1. The molecule has 1 unspecified atom stereocenters. The van der Waals surface area contributed by atoms with Crippen LogP contribution < -0.4 is 0 Å². The van der Waals surface area contributed by atoms with E-state index in [4.69, 9.17) is 0 Å². The number of hydrogen-bond donors (Lipinski definition) is 0. The lowest BCUT2D eigenvalue weighted by Crippen LogP contribution is -2.38. The molecular weight excluding hydrogens is 315 g/mol. The normalized spacial score (nSPS) is 17.6. The van der Waals surface area contributed by atoms with Gasteiger partial charge in [0.05, 0.1) is 6.54 Å². The molecule has 1 saturated heterocycles. The Kier molecular flexibility index (Phi) is 5.49. The molecule has 132 valence electrons. The molecule has 0 spiro atoms. The van der Waals surface area contributed by atoms with Gasteiger partial charge in [0, 0.05) is 25.2 Å². The molecule has 1 aliphatic heterocycles. The summed E-state index contributed by atoms with van der Waals surface area (Å²) < 4.78 is 13.8. The first-order valence-corrected chi connectivity index (χ1v) is 8.83. The van der Waals surface area contributed by atoms with Crippen LogP contribution in [0.15, 0.2) is 48.5 Å². The molecule has 2 aromatic rings. The minimum absolute atomic E-state index is 0.0312. The summed E-state index contributed by atoms with van der Waals surface area (Å²) in [5.74, 6) is -0.232. The molecule has 3 nitrogen and oxygen atoms in total. The molecule has 1 fully saturated rings. The first-order chi connectivity index (χ1) is 12.1. The minimum Gasteiger partial charge on any atom is -0.340 e. The summed E-state index contributed by atoms with van der Waals surface area (Å²) in [4.78, 5) is 16.5. The molecule has 0 bridgehead atoms. The molecule has 0 radical (unpaired) electrons. The van der Waals surface area contributed by atoms with Crippen molar-refractivity contribution in [2.45, 2.75) is 32.4 Å². The molecule has 3 rings (SSSR count). The van der Waals surface area contributed by atoms with Crippen molar-refractivity contribution in [2.24, 2.45) is 0 Å². The average molecular weight is 340 g/mol. The van der Waals surface area contributed by atoms with Crippen LogP contribution in [0.5, 0.6) is 0 Å². The fraction of sp³-hybridized carbons (Fsp3) is 0.381. The molecule has 2 aromatic carbocycles. The second-order valence-corrected chi connectivity index (χ2v) is 6.83. The summed E-state index contributed by atoms with van der Waals surface area (Å²) in [6.07, 6.45) is 2.18. The highest BCUT2D eigenvalue weighted by Crippen LogP contribution is 2.33. The Morgan fingerprint density at radius 2 is 1.92 bits per heavy atom. The Bertz CT molecular complexity index is 746. The Morgan fingerprint density at radius 3 is 2.68 bits per heavy atom. The second-order valence-electron chi connectivity index (χ2n) is 6.83. The van der Waals surface area contributed by atoms with Crippen LogP contribution in [0.2, 0.25) is 0 Å². The molecular formula is C21H25FN2O. The first-order valence-electron chi connectivity index (χ1n) is 8.83. The SMILES string of the molecule is Cc1ccccc1C1CCCN1CC(=O)N(C)Cc1ccccc1F. The third kappa shape index (κ3) is 4.07. The van der Waals surface area contributed by atoms with Gasteiger partial charge < -0.3 is 4.90 Å². The van der Waals surface area contributed by atoms with Crippen molar-refractivity contribution >= 4 is 5.91 Å². The highest BCUT2D eigenvalue weighted by Gasteiger charge is 2.29. The van der Waals surface area contributed by atoms with Gasteiger partial charge in [-0.2, -0.15) is 0 Å². The third-order valence-electron chi connectivity index (χ3n) is 5.04. The fourth-order valence-electron chi connectivity index (χ4n) is 3.59. The van der Waals surface area contributed by atoms with Crippen LogP contribution in [-0.4, -0.2) is 35.8 Å². The summed E-state index contributed by atoms with van der Waals surface area (Å²) in [7, 11) is 1.74. The van der Waals surface area contributed by atoms with E-state index >= 15 is 0 Å². The summed E-state index contributed by atoms with van der Waals surface area (Å²) in [5.41, 5.74) is 3.13. The summed E-state index contributed by atoms with van der Waals surface area (Å²) in [5, 5.41) is 0. The maximum absolute atomic E-state index is 13.8. The molecule has 1 atom stereocenters. The number of nitrogens with zero attached hydrogens (tertiary/aromatic N) is 2. The second kappa shape index (κ2) is 7.79. The zero-order valence-corrected chi connectivity index (χ0v) is 14.9. The topological polar surface area (TPSA) is 23.6 Å². The van der Waals surface area contributed by atoms with Gasteiger partial charge in [-0.3, -0.25) is 9.69 Å². The van der Waals surface area contributed by atoms with E-state index in [1.165, 1.54) is 17.2 Å². The number of hydrogen-bond acceptors (Lipinski definition) is 2. The van der Waals surface area contributed by atoms with E-state index in [0.717, 1.165) is 19.4 Å². The number of amides is 1. The maximum Gasteiger partial charge on any atom is 0.236 e. The van der Waals surface area contributed by atoms with E-state index in [1.807, 2.05) is 6.07 Å². The number of halogens is 1. The van der Waals surface area contributed by atoms with Crippen LogP contribution in [0, 0.1) is 12.7 Å². The van der Waals surface area contributed by atoms with E-state index in [1.54, 1.807) is 30.1 Å². The van der Waals surface area contributed by atoms with Gasteiger partial charge in [-0.1, -0.05) is 42.5 Å². The van der Waals surface area contributed by atoms with E-state index in [0.29, 0.717) is 24.7 Å². The molecule has 0 aliphatic carbocycles. The Morgan fingerprint density at radius 1 is 1.20 bits per heavy atom. The minimum atomic E-state index is -0.263. The van der Waals surface area contributed by atoms with Crippen LogP contribution in [0.1, 0.15) is 35.6 Å². The van der Waals surface area contributed by atoms with Crippen molar-refractivity contribution in [3.8, 4) is 0 Å². The summed E-state index contributed by atoms with van der Waals surface area (Å²) >= 11 is 0. The number of likely N-dealkylation sites (N-methyl/N-ethyl adjacent to an activating group) is 1. The molecule has 1 aliphatic rings. The Balaban J connectivity index is 1.65. The van der Waals surface area contributed by atoms with Gasteiger partial charge >= 0.3 is 0 Å². The zero-order valence-electron chi connectivity index (χ0n) is 14.9. The predicted octanol–water partition coefficient (Wildman–Crippen LogP) is 3.93. The molecule has 0 aromatic heterocycles. The molecule has 0 N–H and O–H groups in total. The third-order valence-corrected chi connectivity index (χ3v) is 5.04. The van der Waals surface area contributed by atoms with Gasteiger partial charge in [-0.15, -0.1) is 0 Å². The van der Waals surface area contributed by atoms with Crippen molar-refractivity contribution in [2.75, 3.05) is 20.1 Å². The van der Waals surface area contributed by atoms with Gasteiger partial charge in [0.1, 0.15) is 5.82 Å². The van der Waals surface area contributed by atoms with Gasteiger partial charge in [-0.25, -0.2) is 4.39 Å². The standard InChI is InChI=1S/C21H25FN2O/c1-16-8-3-5-10-18(16)20-12-7-13-24(20)15-21(25)23(2)14-17-9-4-6-11-19(17)22/h3-6,8-11,20H,7,12-15H2,1-2H3. The van der Waals surface area contributed by atoms with Crippen molar-refractivity contribution in [3.63, 3.8) is 0 Å². The Labute approximate surface area is 149 Å². The van der Waals surface area contributed by atoms with Crippen LogP contribution >= 0.6 is 0 Å². The maximum atomic E-state index is 13.8. The molecule has 0 saturated carbocycles. The largest absolute Gasteiger partial charge is 0.340 e. The number of carbonyl (C=O) groups is 1. The van der Waals surface area contributed by atoms with E-state index in [9.17, 15) is 9.18 Å². The fourth-order valence-corrected chi connectivity index (χ4v) is 3.59. The van der Waals surface area contributed by atoms with Gasteiger partial charge in [-0.05, 0) is 43.5 Å². The van der Waals surface area contributed by atoms with Gasteiger partial charge in [0.25, 0.3) is 0 Å². The summed E-state index contributed by atoms with van der Waals surface area (Å²) in [6, 6.07) is 15.3. The average Bonchev–Trinajstić information content (AvgIpc) is 3.05. The zero-order chi connectivity index (χ0) is 17.8. The monoisotopic (exact) mass is 340 g/mol. The lowest BCUT2D eigenvalue weighted by Gasteiger charge is -2.27. The van der Waals surface area contributed by atoms with Crippen molar-refractivity contribution in [1.82, 2.24) is 9.80 Å². The molecule has 1 heterocycles. The van der Waals surface area contributed by atoms with E-state index in [2.05, 4.69) is 30.0 Å². The quantitative estimate of drug-likeness (QED) is 0.823. The smallest absolute Gasteiger partial charge is 0.236 e. The lowest BCUT2D eigenvalue weighted by molar-refractivity contribution is -0.131. The van der Waals surface area contributed by atoms with E-state index in [-0.39, 0.29) is 11.7 Å². The number of rotatable bonds is 5. The first kappa shape index (κ1) is 17.6. The van der Waals surface area contributed by atoms with E-state index < -0.39 is 0 Å². The number of benzene rings is 2. The molecule has 25 heavy (non-hydrogen) atoms. The summed E-state index contributed by atoms with van der Waals surface area (Å²) in [6.45, 7) is 3.73. The molecule has 4 heteroatoms. The van der Waals surface area contributed by atoms with Crippen LogP contribution in [-0.2, 0) is 11.3 Å². The van der Waals surface area contributed by atoms with Crippen LogP contribution in [0.4, 0.5) is 4.39 Å². The highest BCUT2D eigenvalue weighted by molar-refractivity contribution is 5.78. The van der Waals surface area contributed by atoms with Gasteiger partial charge in [0.2, 0.25) is 5.91 Å². The number of aryl methyl sites for hydroxylation is 1. The Hall–Kier alpha value is -2.20. The van der Waals surface area contributed by atoms with Crippen molar-refractivity contribution < 1.29 is 9.18 Å². The predicted molar refractivity (Wildman–Crippen MR) is 97.6 cm³/mol. The highest BCUT2D eigenvalue weighted by atomic mass is 19.1. The molecule has 1 amide bonds. The van der Waals surface area contributed by atoms with Crippen LogP contribution in [0.25, 0.3) is 0 Å².